The zero-order chi connectivity index (χ0) is 13.5. The molecule has 0 aliphatic carbocycles. The Morgan fingerprint density at radius 3 is 2.39 bits per heavy atom. The highest BCUT2D eigenvalue weighted by Gasteiger charge is 2.06. The van der Waals surface area contributed by atoms with Crippen molar-refractivity contribution >= 4 is 11.6 Å². The molecule has 18 heavy (non-hydrogen) atoms. The van der Waals surface area contributed by atoms with Crippen molar-refractivity contribution in [3.05, 3.63) is 29.3 Å². The van der Waals surface area contributed by atoms with E-state index in [4.69, 9.17) is 0 Å². The van der Waals surface area contributed by atoms with Crippen molar-refractivity contribution in [3.63, 3.8) is 0 Å². The third-order valence-corrected chi connectivity index (χ3v) is 2.80. The molecule has 0 bridgehead atoms. The van der Waals surface area contributed by atoms with Crippen LogP contribution in [0, 0.1) is 13.8 Å². The van der Waals surface area contributed by atoms with Gasteiger partial charge in [-0.05, 0) is 50.5 Å². The highest BCUT2D eigenvalue weighted by atomic mass is 16.1. The minimum absolute atomic E-state index is 0.0510. The minimum atomic E-state index is 0.0510. The first-order valence-electron chi connectivity index (χ1n) is 6.62. The van der Waals surface area contributed by atoms with Gasteiger partial charge in [-0.15, -0.1) is 0 Å². The van der Waals surface area contributed by atoms with Gasteiger partial charge in [0, 0.05) is 11.7 Å². The molecular formula is C15H24N2O. The Labute approximate surface area is 110 Å². The van der Waals surface area contributed by atoms with E-state index in [9.17, 15) is 4.79 Å². The maximum absolute atomic E-state index is 11.7. The van der Waals surface area contributed by atoms with Crippen LogP contribution in [-0.2, 0) is 4.79 Å². The third kappa shape index (κ3) is 5.21. The Morgan fingerprint density at radius 1 is 1.22 bits per heavy atom. The molecule has 1 atom stereocenters. The molecule has 0 aliphatic heterocycles. The number of nitrogens with one attached hydrogen (secondary N) is 2. The maximum Gasteiger partial charge on any atom is 0.239 e. The van der Waals surface area contributed by atoms with Crippen LogP contribution in [0.5, 0.6) is 0 Å². The van der Waals surface area contributed by atoms with E-state index in [-0.39, 0.29) is 11.9 Å². The van der Waals surface area contributed by atoms with Crippen molar-refractivity contribution in [2.75, 3.05) is 11.9 Å². The predicted molar refractivity (Wildman–Crippen MR) is 76.9 cm³/mol. The number of hydrogen-bond acceptors (Lipinski definition) is 2. The zero-order valence-corrected chi connectivity index (χ0v) is 11.8. The number of carbonyl (C=O) groups is 1. The topological polar surface area (TPSA) is 41.1 Å². The van der Waals surface area contributed by atoms with Crippen LogP contribution in [0.25, 0.3) is 0 Å². The Balaban J connectivity index is 2.42. The van der Waals surface area contributed by atoms with Gasteiger partial charge in [0.1, 0.15) is 0 Å². The molecule has 0 radical (unpaired) electrons. The van der Waals surface area contributed by atoms with E-state index >= 15 is 0 Å². The molecule has 1 rings (SSSR count). The molecule has 2 N–H and O–H groups in total. The summed E-state index contributed by atoms with van der Waals surface area (Å²) in [7, 11) is 0. The fourth-order valence-electron chi connectivity index (χ4n) is 2.09. The number of rotatable bonds is 6. The molecule has 1 amide bonds. The van der Waals surface area contributed by atoms with Crippen LogP contribution in [0.15, 0.2) is 18.2 Å². The van der Waals surface area contributed by atoms with Gasteiger partial charge >= 0.3 is 0 Å². The predicted octanol–water partition coefficient (Wildman–Crippen LogP) is 3.02. The van der Waals surface area contributed by atoms with E-state index in [2.05, 4.69) is 49.6 Å². The van der Waals surface area contributed by atoms with E-state index in [1.165, 1.54) is 11.1 Å². The summed E-state index contributed by atoms with van der Waals surface area (Å²) in [5, 5.41) is 6.14. The molecule has 1 aromatic rings. The van der Waals surface area contributed by atoms with Crippen molar-refractivity contribution < 1.29 is 4.79 Å². The second-order valence-electron chi connectivity index (χ2n) is 4.99. The molecule has 0 heterocycles. The molecule has 3 nitrogen and oxygen atoms in total. The normalized spacial score (nSPS) is 12.0. The SMILES string of the molecule is CCCC(C)NC(=O)CNc1cc(C)cc(C)c1. The van der Waals surface area contributed by atoms with Gasteiger partial charge in [0.15, 0.2) is 0 Å². The summed E-state index contributed by atoms with van der Waals surface area (Å²) < 4.78 is 0. The molecule has 0 saturated carbocycles. The average molecular weight is 248 g/mol. The van der Waals surface area contributed by atoms with E-state index in [0.717, 1.165) is 18.5 Å². The summed E-state index contributed by atoms with van der Waals surface area (Å²) in [6.07, 6.45) is 2.11. The monoisotopic (exact) mass is 248 g/mol. The van der Waals surface area contributed by atoms with Gasteiger partial charge in [0.2, 0.25) is 5.91 Å². The Bertz CT molecular complexity index is 381. The average Bonchev–Trinajstić information content (AvgIpc) is 2.25. The molecule has 0 fully saturated rings. The lowest BCUT2D eigenvalue weighted by atomic mass is 10.1. The number of anilines is 1. The largest absolute Gasteiger partial charge is 0.376 e. The number of amides is 1. The molecule has 0 aliphatic rings. The molecule has 0 saturated heterocycles. The van der Waals surface area contributed by atoms with Crippen LogP contribution in [0.1, 0.15) is 37.8 Å². The molecule has 0 spiro atoms. The van der Waals surface area contributed by atoms with E-state index in [0.29, 0.717) is 6.54 Å². The first-order chi connectivity index (χ1) is 8.51. The van der Waals surface area contributed by atoms with Gasteiger partial charge < -0.3 is 10.6 Å². The van der Waals surface area contributed by atoms with Crippen LogP contribution in [0.2, 0.25) is 0 Å². The smallest absolute Gasteiger partial charge is 0.239 e. The summed E-state index contributed by atoms with van der Waals surface area (Å²) >= 11 is 0. The van der Waals surface area contributed by atoms with Gasteiger partial charge in [-0.3, -0.25) is 4.79 Å². The van der Waals surface area contributed by atoms with Crippen molar-refractivity contribution in [2.45, 2.75) is 46.6 Å². The molecule has 3 heteroatoms. The minimum Gasteiger partial charge on any atom is -0.376 e. The van der Waals surface area contributed by atoms with Crippen LogP contribution in [0.3, 0.4) is 0 Å². The van der Waals surface area contributed by atoms with Crippen LogP contribution in [0.4, 0.5) is 5.69 Å². The molecule has 0 aromatic heterocycles. The fourth-order valence-corrected chi connectivity index (χ4v) is 2.09. The molecule has 1 unspecified atom stereocenters. The lowest BCUT2D eigenvalue weighted by Crippen LogP contribution is -2.36. The van der Waals surface area contributed by atoms with Crippen molar-refractivity contribution in [2.24, 2.45) is 0 Å². The Morgan fingerprint density at radius 2 is 1.83 bits per heavy atom. The van der Waals surface area contributed by atoms with Gasteiger partial charge in [-0.1, -0.05) is 19.4 Å². The molecule has 100 valence electrons. The highest BCUT2D eigenvalue weighted by molar-refractivity contribution is 5.81. The third-order valence-electron chi connectivity index (χ3n) is 2.80. The van der Waals surface area contributed by atoms with Crippen LogP contribution in [-0.4, -0.2) is 18.5 Å². The van der Waals surface area contributed by atoms with E-state index in [1.807, 2.05) is 6.92 Å². The number of aryl methyl sites for hydroxylation is 2. The van der Waals surface area contributed by atoms with Gasteiger partial charge in [-0.25, -0.2) is 0 Å². The summed E-state index contributed by atoms with van der Waals surface area (Å²) in [6, 6.07) is 6.48. The number of carbonyl (C=O) groups excluding carboxylic acids is 1. The van der Waals surface area contributed by atoms with Gasteiger partial charge in [0.05, 0.1) is 6.54 Å². The lowest BCUT2D eigenvalue weighted by molar-refractivity contribution is -0.120. The van der Waals surface area contributed by atoms with Crippen molar-refractivity contribution in [1.29, 1.82) is 0 Å². The maximum atomic E-state index is 11.7. The number of benzene rings is 1. The second kappa shape index (κ2) is 7.04. The molecule has 1 aromatic carbocycles. The van der Waals surface area contributed by atoms with Gasteiger partial charge in [0.25, 0.3) is 0 Å². The second-order valence-corrected chi connectivity index (χ2v) is 4.99. The quantitative estimate of drug-likeness (QED) is 0.812. The highest BCUT2D eigenvalue weighted by Crippen LogP contribution is 2.13. The summed E-state index contributed by atoms with van der Waals surface area (Å²) in [6.45, 7) is 8.61. The zero-order valence-electron chi connectivity index (χ0n) is 11.8. The summed E-state index contributed by atoms with van der Waals surface area (Å²) in [5.74, 6) is 0.0510. The van der Waals surface area contributed by atoms with Crippen molar-refractivity contribution in [1.82, 2.24) is 5.32 Å². The summed E-state index contributed by atoms with van der Waals surface area (Å²) in [5.41, 5.74) is 3.42. The standard InChI is InChI=1S/C15H24N2O/c1-5-6-13(4)17-15(18)10-16-14-8-11(2)7-12(3)9-14/h7-9,13,16H,5-6,10H2,1-4H3,(H,17,18). The number of hydrogen-bond donors (Lipinski definition) is 2. The van der Waals surface area contributed by atoms with Crippen molar-refractivity contribution in [3.8, 4) is 0 Å². The van der Waals surface area contributed by atoms with Crippen LogP contribution < -0.4 is 10.6 Å². The van der Waals surface area contributed by atoms with Crippen LogP contribution >= 0.6 is 0 Å². The lowest BCUT2D eigenvalue weighted by Gasteiger charge is -2.14. The Hall–Kier alpha value is -1.51. The molecular weight excluding hydrogens is 224 g/mol. The Kier molecular flexibility index (Phi) is 5.69. The first-order valence-corrected chi connectivity index (χ1v) is 6.62. The van der Waals surface area contributed by atoms with E-state index in [1.54, 1.807) is 0 Å². The summed E-state index contributed by atoms with van der Waals surface area (Å²) in [4.78, 5) is 11.7. The van der Waals surface area contributed by atoms with E-state index < -0.39 is 0 Å². The fraction of sp³-hybridized carbons (Fsp3) is 0.533. The first kappa shape index (κ1) is 14.6. The van der Waals surface area contributed by atoms with Gasteiger partial charge in [-0.2, -0.15) is 0 Å².